The van der Waals surface area contributed by atoms with Gasteiger partial charge in [0.2, 0.25) is 5.91 Å². The molecular weight excluding hydrogens is 226 g/mol. The minimum atomic E-state index is -0.251. The fraction of sp³-hybridized carbons (Fsp3) is 0.857. The molecule has 1 aliphatic rings. The van der Waals surface area contributed by atoms with Crippen LogP contribution >= 0.6 is 0 Å². The van der Waals surface area contributed by atoms with E-state index in [0.717, 1.165) is 45.3 Å². The molecule has 1 aliphatic heterocycles. The van der Waals surface area contributed by atoms with Crippen LogP contribution in [0.3, 0.4) is 0 Å². The summed E-state index contributed by atoms with van der Waals surface area (Å²) < 4.78 is 0. The van der Waals surface area contributed by atoms with Gasteiger partial charge in [-0.25, -0.2) is 0 Å². The van der Waals surface area contributed by atoms with Crippen molar-refractivity contribution in [2.24, 2.45) is 5.41 Å². The summed E-state index contributed by atoms with van der Waals surface area (Å²) in [5.41, 5.74) is -0.251. The van der Waals surface area contributed by atoms with Crippen LogP contribution in [0.2, 0.25) is 0 Å². The van der Waals surface area contributed by atoms with Crippen molar-refractivity contribution in [1.29, 1.82) is 5.26 Å². The molecule has 1 fully saturated rings. The third-order valence-corrected chi connectivity index (χ3v) is 3.44. The number of amides is 1. The van der Waals surface area contributed by atoms with E-state index >= 15 is 0 Å². The Bertz CT molecular complexity index is 301. The van der Waals surface area contributed by atoms with Gasteiger partial charge in [-0.05, 0) is 52.5 Å². The fourth-order valence-corrected chi connectivity index (χ4v) is 2.16. The molecule has 1 saturated heterocycles. The van der Waals surface area contributed by atoms with E-state index in [1.54, 1.807) is 0 Å². The number of carbonyl (C=O) groups is 1. The third kappa shape index (κ3) is 5.50. The van der Waals surface area contributed by atoms with Gasteiger partial charge in [0, 0.05) is 13.1 Å². The molecule has 0 atom stereocenters. The summed E-state index contributed by atoms with van der Waals surface area (Å²) in [6, 6.07) is 2.29. The number of nitrogens with one attached hydrogen (secondary N) is 1. The molecule has 1 heterocycles. The molecule has 4 heteroatoms. The first-order valence-corrected chi connectivity index (χ1v) is 6.95. The molecule has 1 rings (SSSR count). The van der Waals surface area contributed by atoms with Gasteiger partial charge >= 0.3 is 0 Å². The highest BCUT2D eigenvalue weighted by atomic mass is 16.2. The Labute approximate surface area is 110 Å². The number of likely N-dealkylation sites (tertiary alicyclic amines) is 1. The van der Waals surface area contributed by atoms with E-state index in [1.165, 1.54) is 6.42 Å². The Hall–Kier alpha value is -1.08. The average molecular weight is 251 g/mol. The van der Waals surface area contributed by atoms with Crippen molar-refractivity contribution in [3.63, 3.8) is 0 Å². The van der Waals surface area contributed by atoms with Crippen molar-refractivity contribution in [2.45, 2.75) is 46.0 Å². The van der Waals surface area contributed by atoms with Crippen LogP contribution in [0.25, 0.3) is 0 Å². The predicted octanol–water partition coefficient (Wildman–Crippen LogP) is 1.92. The summed E-state index contributed by atoms with van der Waals surface area (Å²) >= 11 is 0. The zero-order chi connectivity index (χ0) is 13.4. The number of rotatable bonds is 6. The van der Waals surface area contributed by atoms with E-state index in [2.05, 4.69) is 11.4 Å². The van der Waals surface area contributed by atoms with E-state index in [4.69, 9.17) is 5.26 Å². The smallest absolute Gasteiger partial charge is 0.236 e. The SMILES string of the molecule is CC(C)(C#N)CCCNCC(=O)N1CCCCC1. The zero-order valence-electron chi connectivity index (χ0n) is 11.7. The molecule has 0 radical (unpaired) electrons. The maximum Gasteiger partial charge on any atom is 0.236 e. The molecule has 1 amide bonds. The van der Waals surface area contributed by atoms with Gasteiger partial charge in [0.25, 0.3) is 0 Å². The molecule has 18 heavy (non-hydrogen) atoms. The van der Waals surface area contributed by atoms with Crippen molar-refractivity contribution in [3.8, 4) is 6.07 Å². The monoisotopic (exact) mass is 251 g/mol. The molecule has 0 aliphatic carbocycles. The van der Waals surface area contributed by atoms with E-state index in [9.17, 15) is 4.79 Å². The first-order valence-electron chi connectivity index (χ1n) is 6.95. The van der Waals surface area contributed by atoms with Crippen LogP contribution in [-0.4, -0.2) is 37.0 Å². The van der Waals surface area contributed by atoms with Crippen molar-refractivity contribution in [3.05, 3.63) is 0 Å². The Balaban J connectivity index is 2.07. The van der Waals surface area contributed by atoms with Gasteiger partial charge in [-0.1, -0.05) is 0 Å². The maximum absolute atomic E-state index is 11.8. The second-order valence-corrected chi connectivity index (χ2v) is 5.72. The molecule has 4 nitrogen and oxygen atoms in total. The van der Waals surface area contributed by atoms with Gasteiger partial charge in [0.05, 0.1) is 18.0 Å². The summed E-state index contributed by atoms with van der Waals surface area (Å²) in [5, 5.41) is 12.1. The minimum absolute atomic E-state index is 0.217. The zero-order valence-corrected chi connectivity index (χ0v) is 11.7. The van der Waals surface area contributed by atoms with Crippen molar-refractivity contribution >= 4 is 5.91 Å². The van der Waals surface area contributed by atoms with Gasteiger partial charge in [0.15, 0.2) is 0 Å². The van der Waals surface area contributed by atoms with E-state index in [0.29, 0.717) is 6.54 Å². The number of piperidine rings is 1. The molecule has 0 bridgehead atoms. The predicted molar refractivity (Wildman–Crippen MR) is 71.9 cm³/mol. The molecule has 0 aromatic carbocycles. The highest BCUT2D eigenvalue weighted by molar-refractivity contribution is 5.78. The molecule has 102 valence electrons. The first-order chi connectivity index (χ1) is 8.55. The van der Waals surface area contributed by atoms with Crippen molar-refractivity contribution < 1.29 is 4.79 Å². The standard InChI is InChI=1S/C14H25N3O/c1-14(2,12-15)7-6-8-16-11-13(18)17-9-4-3-5-10-17/h16H,3-11H2,1-2H3. The summed E-state index contributed by atoms with van der Waals surface area (Å²) in [7, 11) is 0. The Morgan fingerprint density at radius 3 is 2.61 bits per heavy atom. The summed E-state index contributed by atoms with van der Waals surface area (Å²) in [6.07, 6.45) is 5.34. The maximum atomic E-state index is 11.8. The number of carbonyl (C=O) groups excluding carboxylic acids is 1. The number of hydrogen-bond donors (Lipinski definition) is 1. The normalized spacial score (nSPS) is 16.4. The molecular formula is C14H25N3O. The van der Waals surface area contributed by atoms with Crippen LogP contribution in [0.15, 0.2) is 0 Å². The number of hydrogen-bond acceptors (Lipinski definition) is 3. The quantitative estimate of drug-likeness (QED) is 0.734. The van der Waals surface area contributed by atoms with Gasteiger partial charge in [-0.15, -0.1) is 0 Å². The Morgan fingerprint density at radius 2 is 2.00 bits per heavy atom. The Kier molecular flexibility index (Phi) is 6.14. The van der Waals surface area contributed by atoms with Gasteiger partial charge in [-0.3, -0.25) is 4.79 Å². The molecule has 0 aromatic heterocycles. The second-order valence-electron chi connectivity index (χ2n) is 5.72. The topological polar surface area (TPSA) is 56.1 Å². The largest absolute Gasteiger partial charge is 0.342 e. The van der Waals surface area contributed by atoms with Crippen LogP contribution in [-0.2, 0) is 4.79 Å². The number of nitriles is 1. The summed E-state index contributed by atoms with van der Waals surface area (Å²) in [4.78, 5) is 13.8. The van der Waals surface area contributed by atoms with Crippen LogP contribution in [0.1, 0.15) is 46.0 Å². The lowest BCUT2D eigenvalue weighted by atomic mass is 9.90. The lowest BCUT2D eigenvalue weighted by Gasteiger charge is -2.26. The Morgan fingerprint density at radius 1 is 1.33 bits per heavy atom. The van der Waals surface area contributed by atoms with Crippen LogP contribution in [0.5, 0.6) is 0 Å². The minimum Gasteiger partial charge on any atom is -0.342 e. The lowest BCUT2D eigenvalue weighted by molar-refractivity contribution is -0.131. The van der Waals surface area contributed by atoms with Gasteiger partial charge < -0.3 is 10.2 Å². The van der Waals surface area contributed by atoms with Crippen LogP contribution in [0, 0.1) is 16.7 Å². The molecule has 0 spiro atoms. The first kappa shape index (κ1) is 15.0. The van der Waals surface area contributed by atoms with E-state index in [1.807, 2.05) is 18.7 Å². The van der Waals surface area contributed by atoms with Crippen LogP contribution < -0.4 is 5.32 Å². The van der Waals surface area contributed by atoms with E-state index < -0.39 is 0 Å². The third-order valence-electron chi connectivity index (χ3n) is 3.44. The van der Waals surface area contributed by atoms with Crippen LogP contribution in [0.4, 0.5) is 0 Å². The molecule has 1 N–H and O–H groups in total. The number of nitrogens with zero attached hydrogens (tertiary/aromatic N) is 2. The summed E-state index contributed by atoms with van der Waals surface area (Å²) in [5.74, 6) is 0.217. The highest BCUT2D eigenvalue weighted by Crippen LogP contribution is 2.19. The lowest BCUT2D eigenvalue weighted by Crippen LogP contribution is -2.41. The van der Waals surface area contributed by atoms with Gasteiger partial charge in [0.1, 0.15) is 0 Å². The van der Waals surface area contributed by atoms with Gasteiger partial charge in [-0.2, -0.15) is 5.26 Å². The van der Waals surface area contributed by atoms with E-state index in [-0.39, 0.29) is 11.3 Å². The van der Waals surface area contributed by atoms with Crippen molar-refractivity contribution in [1.82, 2.24) is 10.2 Å². The summed E-state index contributed by atoms with van der Waals surface area (Å²) in [6.45, 7) is 6.99. The van der Waals surface area contributed by atoms with Crippen molar-refractivity contribution in [2.75, 3.05) is 26.2 Å². The molecule has 0 unspecified atom stereocenters. The highest BCUT2D eigenvalue weighted by Gasteiger charge is 2.17. The fourth-order valence-electron chi connectivity index (χ4n) is 2.16. The molecule has 0 aromatic rings. The second kappa shape index (κ2) is 7.38. The average Bonchev–Trinajstić information content (AvgIpc) is 2.39. The molecule has 0 saturated carbocycles.